The summed E-state index contributed by atoms with van der Waals surface area (Å²) in [6.45, 7) is 2.90. The fraction of sp³-hybridized carbons (Fsp3) is 0.412. The van der Waals surface area contributed by atoms with Gasteiger partial charge in [-0.05, 0) is 42.6 Å². The number of carbonyl (C=O) groups excluding carboxylic acids is 1. The Balaban J connectivity index is 1.43. The van der Waals surface area contributed by atoms with E-state index >= 15 is 0 Å². The number of aliphatic carboxylic acids is 1. The summed E-state index contributed by atoms with van der Waals surface area (Å²) in [7, 11) is 1.99. The van der Waals surface area contributed by atoms with Gasteiger partial charge >= 0.3 is 5.97 Å². The summed E-state index contributed by atoms with van der Waals surface area (Å²) in [5.74, 6) is -1.09. The summed E-state index contributed by atoms with van der Waals surface area (Å²) in [5, 5.41) is 32.0. The molecule has 0 aromatic heterocycles. The zero-order valence-electron chi connectivity index (χ0n) is 24.8. The van der Waals surface area contributed by atoms with Gasteiger partial charge in [0.05, 0.1) is 24.9 Å². The largest absolute Gasteiger partial charge is 0.481 e. The SMILES string of the molecule is C[C@@H]([C@H](O)c1ccccc1)N(C)C[C@H]1C[C@@H](c2ccc(CO)cc2)O[C@@H](c2ccc(CNC(=O)CCCC(=O)O)cc2)O1. The van der Waals surface area contributed by atoms with Gasteiger partial charge in [-0.15, -0.1) is 0 Å². The van der Waals surface area contributed by atoms with Crippen molar-refractivity contribution in [3.8, 4) is 0 Å². The first-order valence-electron chi connectivity index (χ1n) is 14.7. The molecule has 0 aliphatic carbocycles. The molecular weight excluding hydrogens is 548 g/mol. The number of hydrogen-bond donors (Lipinski definition) is 4. The van der Waals surface area contributed by atoms with Gasteiger partial charge in [-0.1, -0.05) is 78.9 Å². The number of likely N-dealkylation sites (N-methyl/N-ethyl adjacent to an activating group) is 1. The van der Waals surface area contributed by atoms with Crippen LogP contribution in [0.1, 0.15) is 78.9 Å². The zero-order valence-corrected chi connectivity index (χ0v) is 24.8. The molecule has 1 aliphatic heterocycles. The second kappa shape index (κ2) is 15.7. The van der Waals surface area contributed by atoms with Crippen molar-refractivity contribution in [1.82, 2.24) is 10.2 Å². The monoisotopic (exact) mass is 590 g/mol. The Bertz CT molecular complexity index is 1300. The van der Waals surface area contributed by atoms with Crippen molar-refractivity contribution in [3.63, 3.8) is 0 Å². The van der Waals surface area contributed by atoms with Crippen molar-refractivity contribution in [2.75, 3.05) is 13.6 Å². The van der Waals surface area contributed by atoms with Crippen LogP contribution in [0, 0.1) is 0 Å². The molecule has 1 amide bonds. The number of carbonyl (C=O) groups is 2. The van der Waals surface area contributed by atoms with Crippen LogP contribution in [0.15, 0.2) is 78.9 Å². The lowest BCUT2D eigenvalue weighted by atomic mass is 9.98. The highest BCUT2D eigenvalue weighted by Crippen LogP contribution is 2.38. The van der Waals surface area contributed by atoms with Crippen molar-refractivity contribution in [2.45, 2.75) is 76.4 Å². The fourth-order valence-electron chi connectivity index (χ4n) is 5.17. The molecule has 1 aliphatic rings. The zero-order chi connectivity index (χ0) is 30.8. The summed E-state index contributed by atoms with van der Waals surface area (Å²) >= 11 is 0. The van der Waals surface area contributed by atoms with E-state index in [1.54, 1.807) is 0 Å². The van der Waals surface area contributed by atoms with Crippen LogP contribution >= 0.6 is 0 Å². The Hall–Kier alpha value is -3.60. The van der Waals surface area contributed by atoms with Crippen LogP contribution in [0.25, 0.3) is 0 Å². The highest BCUT2D eigenvalue weighted by atomic mass is 16.7. The molecule has 9 nitrogen and oxygen atoms in total. The minimum absolute atomic E-state index is 0.0261. The number of aliphatic hydroxyl groups excluding tert-OH is 2. The first kappa shape index (κ1) is 32.3. The number of aliphatic hydroxyl groups is 2. The minimum atomic E-state index is -0.909. The van der Waals surface area contributed by atoms with E-state index in [9.17, 15) is 19.8 Å². The maximum absolute atomic E-state index is 12.0. The third-order valence-corrected chi connectivity index (χ3v) is 7.94. The van der Waals surface area contributed by atoms with Gasteiger partial charge in [-0.2, -0.15) is 0 Å². The van der Waals surface area contributed by atoms with Gasteiger partial charge in [0.2, 0.25) is 5.91 Å². The highest BCUT2D eigenvalue weighted by molar-refractivity contribution is 5.76. The Kier molecular flexibility index (Phi) is 11.8. The van der Waals surface area contributed by atoms with Gasteiger partial charge in [0.1, 0.15) is 0 Å². The number of nitrogens with one attached hydrogen (secondary N) is 1. The summed E-state index contributed by atoms with van der Waals surface area (Å²) in [4.78, 5) is 24.8. The Morgan fingerprint density at radius 3 is 2.23 bits per heavy atom. The van der Waals surface area contributed by atoms with E-state index in [-0.39, 0.29) is 43.6 Å². The molecule has 3 aromatic carbocycles. The van der Waals surface area contributed by atoms with Gasteiger partial charge < -0.3 is 30.1 Å². The number of rotatable bonds is 14. The van der Waals surface area contributed by atoms with Gasteiger partial charge in [0, 0.05) is 44.0 Å². The van der Waals surface area contributed by atoms with Crippen molar-refractivity contribution in [1.29, 1.82) is 0 Å². The van der Waals surface area contributed by atoms with Crippen molar-refractivity contribution < 1.29 is 34.4 Å². The van der Waals surface area contributed by atoms with Crippen molar-refractivity contribution >= 4 is 11.9 Å². The second-order valence-corrected chi connectivity index (χ2v) is 11.2. The molecule has 0 unspecified atom stereocenters. The van der Waals surface area contributed by atoms with E-state index in [4.69, 9.17) is 14.6 Å². The fourth-order valence-corrected chi connectivity index (χ4v) is 5.17. The number of hydrogen-bond acceptors (Lipinski definition) is 7. The molecule has 3 aromatic rings. The molecule has 4 N–H and O–H groups in total. The van der Waals surface area contributed by atoms with E-state index in [1.165, 1.54) is 0 Å². The molecule has 1 heterocycles. The van der Waals surface area contributed by atoms with Gasteiger partial charge in [0.25, 0.3) is 0 Å². The van der Waals surface area contributed by atoms with Crippen LogP contribution in [-0.2, 0) is 32.2 Å². The molecule has 0 bridgehead atoms. The first-order valence-corrected chi connectivity index (χ1v) is 14.7. The first-order chi connectivity index (χ1) is 20.7. The highest BCUT2D eigenvalue weighted by Gasteiger charge is 2.34. The van der Waals surface area contributed by atoms with Gasteiger partial charge in [-0.25, -0.2) is 0 Å². The normalized spacial score (nSPS) is 20.0. The van der Waals surface area contributed by atoms with Crippen LogP contribution in [0.2, 0.25) is 0 Å². The quantitative estimate of drug-likeness (QED) is 0.214. The average molecular weight is 591 g/mol. The maximum Gasteiger partial charge on any atom is 0.303 e. The maximum atomic E-state index is 12.0. The third-order valence-electron chi connectivity index (χ3n) is 7.94. The molecule has 9 heteroatoms. The minimum Gasteiger partial charge on any atom is -0.481 e. The number of amides is 1. The number of carboxylic acid groups (broad SMARTS) is 1. The van der Waals surface area contributed by atoms with E-state index in [2.05, 4.69) is 10.2 Å². The summed E-state index contributed by atoms with van der Waals surface area (Å²) < 4.78 is 12.9. The Morgan fingerprint density at radius 1 is 0.930 bits per heavy atom. The number of nitrogens with zero attached hydrogens (tertiary/aromatic N) is 1. The number of benzene rings is 3. The van der Waals surface area contributed by atoms with Crippen molar-refractivity contribution in [2.24, 2.45) is 0 Å². The van der Waals surface area contributed by atoms with Crippen LogP contribution in [0.4, 0.5) is 0 Å². The van der Waals surface area contributed by atoms with E-state index < -0.39 is 18.4 Å². The Labute approximate surface area is 253 Å². The van der Waals surface area contributed by atoms with Crippen LogP contribution in [0.3, 0.4) is 0 Å². The Morgan fingerprint density at radius 2 is 1.58 bits per heavy atom. The van der Waals surface area contributed by atoms with Crippen LogP contribution in [-0.4, -0.2) is 57.8 Å². The average Bonchev–Trinajstić information content (AvgIpc) is 3.03. The molecule has 1 fully saturated rings. The third kappa shape index (κ3) is 9.44. The molecule has 4 rings (SSSR count). The van der Waals surface area contributed by atoms with E-state index in [1.807, 2.05) is 92.8 Å². The number of ether oxygens (including phenoxy) is 2. The molecule has 1 saturated heterocycles. The molecule has 0 radical (unpaired) electrons. The van der Waals surface area contributed by atoms with E-state index in [0.717, 1.165) is 27.8 Å². The van der Waals surface area contributed by atoms with Gasteiger partial charge in [0.15, 0.2) is 6.29 Å². The summed E-state index contributed by atoms with van der Waals surface area (Å²) in [6.07, 6.45) is -0.603. The standard InChI is InChI=1S/C34H42N2O7/c1-23(33(41)27-7-4-3-5-8-27)36(2)21-29-19-30(26-15-13-25(22-37)14-16-26)43-34(42-29)28-17-11-24(12-18-28)20-35-31(38)9-6-10-32(39)40/h3-5,7-8,11-18,23,29-30,33-34,37,41H,6,9-10,19-22H2,1-2H3,(H,35,38)(H,39,40)/t23-,29+,30-,33-,34-/m0/s1. The predicted molar refractivity (Wildman–Crippen MR) is 162 cm³/mol. The second-order valence-electron chi connectivity index (χ2n) is 11.2. The topological polar surface area (TPSA) is 129 Å². The predicted octanol–water partition coefficient (Wildman–Crippen LogP) is 4.65. The van der Waals surface area contributed by atoms with Crippen molar-refractivity contribution in [3.05, 3.63) is 107 Å². The lowest BCUT2D eigenvalue weighted by Crippen LogP contribution is -2.43. The molecule has 230 valence electrons. The lowest BCUT2D eigenvalue weighted by molar-refractivity contribution is -0.253. The van der Waals surface area contributed by atoms with Gasteiger partial charge in [-0.3, -0.25) is 14.5 Å². The molecular formula is C34H42N2O7. The smallest absolute Gasteiger partial charge is 0.303 e. The lowest BCUT2D eigenvalue weighted by Gasteiger charge is -2.39. The molecule has 5 atom stereocenters. The number of carboxylic acids is 1. The molecule has 0 saturated carbocycles. The summed E-state index contributed by atoms with van der Waals surface area (Å²) in [6, 6.07) is 24.9. The van der Waals surface area contributed by atoms with E-state index in [0.29, 0.717) is 25.9 Å². The molecule has 43 heavy (non-hydrogen) atoms. The molecule has 0 spiro atoms. The van der Waals surface area contributed by atoms with Crippen LogP contribution < -0.4 is 5.32 Å². The summed E-state index contributed by atoms with van der Waals surface area (Å²) in [5.41, 5.74) is 4.45. The van der Waals surface area contributed by atoms with Crippen LogP contribution in [0.5, 0.6) is 0 Å².